The summed E-state index contributed by atoms with van der Waals surface area (Å²) in [7, 11) is 0. The summed E-state index contributed by atoms with van der Waals surface area (Å²) in [6, 6.07) is 6.74. The maximum absolute atomic E-state index is 3.57. The molecular weight excluding hydrogens is 212 g/mol. The van der Waals surface area contributed by atoms with Gasteiger partial charge in [-0.25, -0.2) is 0 Å². The normalized spacial score (nSPS) is 9.36. The molecule has 0 N–H and O–H groups in total. The van der Waals surface area contributed by atoms with E-state index in [1.807, 2.05) is 0 Å². The van der Waals surface area contributed by atoms with Crippen LogP contribution in [0.25, 0.3) is 0 Å². The van der Waals surface area contributed by atoms with E-state index in [0.29, 0.717) is 0 Å². The van der Waals surface area contributed by atoms with Crippen molar-refractivity contribution < 1.29 is 0 Å². The number of halogens is 1. The van der Waals surface area contributed by atoms with Gasteiger partial charge in [0.2, 0.25) is 0 Å². The SMILES string of the molecule is Cc1ccc([CH2][Mg][Br])cc1C. The molecule has 1 aromatic carbocycles. The lowest BCUT2D eigenvalue weighted by Crippen LogP contribution is -1.90. The summed E-state index contributed by atoms with van der Waals surface area (Å²) in [6.45, 7) is 4.33. The van der Waals surface area contributed by atoms with Gasteiger partial charge in [0, 0.05) is 0 Å². The van der Waals surface area contributed by atoms with Gasteiger partial charge < -0.3 is 12.9 Å². The molecular formula is C9H11BrMg. The van der Waals surface area contributed by atoms with Crippen molar-refractivity contribution in [3.63, 3.8) is 0 Å². The summed E-state index contributed by atoms with van der Waals surface area (Å²) in [5.74, 6) is 0. The summed E-state index contributed by atoms with van der Waals surface area (Å²) >= 11 is 3.57. The van der Waals surface area contributed by atoms with Crippen LogP contribution in [0.15, 0.2) is 18.2 Å². The minimum absolute atomic E-state index is 0.0000605. The van der Waals surface area contributed by atoms with Crippen molar-refractivity contribution in [1.82, 2.24) is 0 Å². The Hall–Kier alpha value is 0.466. The highest BCUT2D eigenvalue weighted by atomic mass is 79.9. The Balaban J connectivity index is 2.86. The van der Waals surface area contributed by atoms with Crippen molar-refractivity contribution in [2.24, 2.45) is 0 Å². The summed E-state index contributed by atoms with van der Waals surface area (Å²) in [5.41, 5.74) is 4.29. The predicted molar refractivity (Wildman–Crippen MR) is 54.3 cm³/mol. The van der Waals surface area contributed by atoms with E-state index in [1.165, 1.54) is 21.2 Å². The maximum Gasteiger partial charge on any atom is 0.473 e. The minimum Gasteiger partial charge on any atom is -0.306 e. The zero-order valence-electron chi connectivity index (χ0n) is 7.02. The molecule has 1 aromatic rings. The lowest BCUT2D eigenvalue weighted by Gasteiger charge is -2.02. The Kier molecular flexibility index (Phi) is 3.89. The van der Waals surface area contributed by atoms with E-state index in [4.69, 9.17) is 0 Å². The highest BCUT2D eigenvalue weighted by Crippen LogP contribution is 2.10. The van der Waals surface area contributed by atoms with Gasteiger partial charge in [-0.3, -0.25) is 0 Å². The van der Waals surface area contributed by atoms with E-state index < -0.39 is 0 Å². The number of hydrogen-bond donors (Lipinski definition) is 0. The summed E-state index contributed by atoms with van der Waals surface area (Å²) < 4.78 is 1.26. The second-order valence-electron chi connectivity index (χ2n) is 2.86. The number of rotatable bonds is 2. The third kappa shape index (κ3) is 2.77. The largest absolute Gasteiger partial charge is 0.473 e. The van der Waals surface area contributed by atoms with Crippen molar-refractivity contribution in [1.29, 1.82) is 0 Å². The Bertz CT molecular complexity index is 245. The summed E-state index contributed by atoms with van der Waals surface area (Å²) in [6.07, 6.45) is 0. The number of benzene rings is 1. The fraction of sp³-hybridized carbons (Fsp3) is 0.333. The van der Waals surface area contributed by atoms with E-state index in [2.05, 4.69) is 44.9 Å². The Morgan fingerprint density at radius 1 is 1.27 bits per heavy atom. The topological polar surface area (TPSA) is 0 Å². The second-order valence-corrected chi connectivity index (χ2v) is 6.11. The van der Waals surface area contributed by atoms with Crippen LogP contribution in [0.4, 0.5) is 0 Å². The molecule has 0 aliphatic heterocycles. The predicted octanol–water partition coefficient (Wildman–Crippen LogP) is 2.82. The lowest BCUT2D eigenvalue weighted by atomic mass is 10.1. The van der Waals surface area contributed by atoms with E-state index in [-0.39, 0.29) is 18.2 Å². The van der Waals surface area contributed by atoms with Crippen LogP contribution >= 0.6 is 12.9 Å². The van der Waals surface area contributed by atoms with Crippen LogP contribution in [0.5, 0.6) is 0 Å². The van der Waals surface area contributed by atoms with Gasteiger partial charge in [0.05, 0.1) is 0 Å². The summed E-state index contributed by atoms with van der Waals surface area (Å²) in [5, 5.41) is 0. The van der Waals surface area contributed by atoms with E-state index in [9.17, 15) is 0 Å². The molecule has 0 atom stereocenters. The molecule has 0 radical (unpaired) electrons. The molecule has 0 saturated carbocycles. The Labute approximate surface area is 84.0 Å². The first-order valence-electron chi connectivity index (χ1n) is 3.86. The fourth-order valence-corrected chi connectivity index (χ4v) is 2.97. The Morgan fingerprint density at radius 2 is 2.00 bits per heavy atom. The zero-order chi connectivity index (χ0) is 8.27. The van der Waals surface area contributed by atoms with Crippen LogP contribution in [0, 0.1) is 13.8 Å². The van der Waals surface area contributed by atoms with Gasteiger partial charge in [0.15, 0.2) is 0 Å². The van der Waals surface area contributed by atoms with Crippen LogP contribution in [-0.2, 0) is 4.55 Å². The van der Waals surface area contributed by atoms with Crippen LogP contribution in [0.3, 0.4) is 0 Å². The average molecular weight is 223 g/mol. The number of aryl methyl sites for hydroxylation is 2. The number of hydrogen-bond acceptors (Lipinski definition) is 0. The molecule has 0 aromatic heterocycles. The molecule has 0 aliphatic carbocycles. The average Bonchev–Trinajstić information content (AvgIpc) is 1.98. The maximum atomic E-state index is 3.57. The molecule has 56 valence electrons. The highest BCUT2D eigenvalue weighted by Gasteiger charge is 1.96. The molecule has 0 spiro atoms. The molecule has 2 heteroatoms. The standard InChI is InChI=1S/C9H11.BrH.Mg/c1-7-4-5-8(2)9(3)6-7;;/h4-6H,1H2,2-3H3;1H;/q;;+1/p-1. The van der Waals surface area contributed by atoms with Gasteiger partial charge in [-0.15, -0.1) is 4.55 Å². The molecule has 0 heterocycles. The molecule has 0 bridgehead atoms. The first kappa shape index (κ1) is 9.55. The second kappa shape index (κ2) is 4.48. The Morgan fingerprint density at radius 3 is 2.55 bits per heavy atom. The van der Waals surface area contributed by atoms with E-state index >= 15 is 0 Å². The third-order valence-electron chi connectivity index (χ3n) is 1.95. The molecule has 11 heavy (non-hydrogen) atoms. The highest BCUT2D eigenvalue weighted by molar-refractivity contribution is 9.23. The van der Waals surface area contributed by atoms with Crippen molar-refractivity contribution in [3.8, 4) is 0 Å². The quantitative estimate of drug-likeness (QED) is 0.676. The zero-order valence-corrected chi connectivity index (χ0v) is 10.0. The molecule has 0 aliphatic rings. The molecule has 0 saturated heterocycles. The molecule has 1 rings (SSSR count). The smallest absolute Gasteiger partial charge is 0.306 e. The van der Waals surface area contributed by atoms with Gasteiger partial charge in [-0.2, -0.15) is 0 Å². The fourth-order valence-electron chi connectivity index (χ4n) is 1.07. The lowest BCUT2D eigenvalue weighted by molar-refractivity contribution is 1.28. The van der Waals surface area contributed by atoms with Crippen LogP contribution < -0.4 is 0 Å². The van der Waals surface area contributed by atoms with Gasteiger partial charge in [0.1, 0.15) is 0 Å². The van der Waals surface area contributed by atoms with E-state index in [1.54, 1.807) is 0 Å². The summed E-state index contributed by atoms with van der Waals surface area (Å²) in [4.78, 5) is 0. The van der Waals surface area contributed by atoms with Gasteiger partial charge in [-0.1, -0.05) is 23.8 Å². The third-order valence-corrected chi connectivity index (χ3v) is 3.91. The molecule has 0 fully saturated rings. The first-order valence-corrected chi connectivity index (χ1v) is 8.76. The van der Waals surface area contributed by atoms with E-state index in [0.717, 1.165) is 0 Å². The van der Waals surface area contributed by atoms with Gasteiger partial charge >= 0.3 is 18.2 Å². The van der Waals surface area contributed by atoms with Crippen LogP contribution in [0.1, 0.15) is 16.7 Å². The van der Waals surface area contributed by atoms with Crippen molar-refractivity contribution in [2.75, 3.05) is 0 Å². The monoisotopic (exact) mass is 222 g/mol. The van der Waals surface area contributed by atoms with Crippen molar-refractivity contribution in [3.05, 3.63) is 34.9 Å². The van der Waals surface area contributed by atoms with Crippen molar-refractivity contribution >= 4 is 31.1 Å². The minimum atomic E-state index is -0.0000605. The van der Waals surface area contributed by atoms with Crippen LogP contribution in [-0.4, -0.2) is 18.2 Å². The first-order chi connectivity index (χ1) is 5.24. The molecule has 0 unspecified atom stereocenters. The van der Waals surface area contributed by atoms with Crippen LogP contribution in [0.2, 0.25) is 0 Å². The van der Waals surface area contributed by atoms with Gasteiger partial charge in [0.25, 0.3) is 0 Å². The van der Waals surface area contributed by atoms with Crippen molar-refractivity contribution in [2.45, 2.75) is 18.4 Å². The van der Waals surface area contributed by atoms with Gasteiger partial charge in [-0.05, 0) is 25.0 Å². The molecule has 0 amide bonds. The molecule has 0 nitrogen and oxygen atoms in total.